The van der Waals surface area contributed by atoms with Crippen molar-refractivity contribution in [1.29, 1.82) is 0 Å². The second-order valence-electron chi connectivity index (χ2n) is 6.18. The van der Waals surface area contributed by atoms with Gasteiger partial charge in [0, 0.05) is 18.5 Å². The molecule has 1 unspecified atom stereocenters. The molecular formula is C18H20N4O4. The molecule has 0 radical (unpaired) electrons. The van der Waals surface area contributed by atoms with E-state index in [1.165, 1.54) is 0 Å². The molecule has 2 heterocycles. The number of fused-ring (bicyclic) bond motifs is 1. The number of para-hydroxylation sites is 1. The SMILES string of the molecule is Cc1noc(C)c1CNC(=O)CCC1NC(=O)c2ccccc2NC1=O. The van der Waals surface area contributed by atoms with Gasteiger partial charge in [-0.1, -0.05) is 17.3 Å². The Hall–Kier alpha value is -3.16. The van der Waals surface area contributed by atoms with E-state index in [1.807, 2.05) is 0 Å². The largest absolute Gasteiger partial charge is 0.361 e. The zero-order chi connectivity index (χ0) is 18.7. The Morgan fingerprint density at radius 3 is 2.77 bits per heavy atom. The second kappa shape index (κ2) is 7.38. The van der Waals surface area contributed by atoms with Crippen LogP contribution >= 0.6 is 0 Å². The molecule has 3 amide bonds. The Morgan fingerprint density at radius 1 is 1.27 bits per heavy atom. The van der Waals surface area contributed by atoms with Crippen molar-refractivity contribution >= 4 is 23.4 Å². The molecule has 8 heteroatoms. The van der Waals surface area contributed by atoms with E-state index in [2.05, 4.69) is 21.1 Å². The Bertz CT molecular complexity index is 839. The number of hydrogen-bond acceptors (Lipinski definition) is 5. The minimum Gasteiger partial charge on any atom is -0.361 e. The lowest BCUT2D eigenvalue weighted by molar-refractivity contribution is -0.122. The highest BCUT2D eigenvalue weighted by atomic mass is 16.5. The number of anilines is 1. The number of carbonyl (C=O) groups is 3. The van der Waals surface area contributed by atoms with Crippen molar-refractivity contribution in [3.05, 3.63) is 46.8 Å². The molecule has 3 rings (SSSR count). The van der Waals surface area contributed by atoms with E-state index in [-0.39, 0.29) is 30.6 Å². The first-order valence-corrected chi connectivity index (χ1v) is 8.35. The van der Waals surface area contributed by atoms with Gasteiger partial charge in [-0.15, -0.1) is 0 Å². The minimum absolute atomic E-state index is 0.109. The molecular weight excluding hydrogens is 336 g/mol. The summed E-state index contributed by atoms with van der Waals surface area (Å²) in [6, 6.07) is 6.02. The molecule has 0 saturated heterocycles. The number of aryl methyl sites for hydroxylation is 2. The maximum absolute atomic E-state index is 12.3. The lowest BCUT2D eigenvalue weighted by atomic mass is 10.1. The fraction of sp³-hybridized carbons (Fsp3) is 0.333. The van der Waals surface area contributed by atoms with E-state index >= 15 is 0 Å². The highest BCUT2D eigenvalue weighted by molar-refractivity contribution is 6.09. The van der Waals surface area contributed by atoms with E-state index in [0.717, 1.165) is 11.3 Å². The third-order valence-electron chi connectivity index (χ3n) is 4.35. The Kier molecular flexibility index (Phi) is 5.01. The summed E-state index contributed by atoms with van der Waals surface area (Å²) in [4.78, 5) is 36.6. The van der Waals surface area contributed by atoms with Crippen LogP contribution in [-0.2, 0) is 16.1 Å². The van der Waals surface area contributed by atoms with Crippen molar-refractivity contribution in [3.63, 3.8) is 0 Å². The molecule has 0 aliphatic carbocycles. The van der Waals surface area contributed by atoms with Crippen LogP contribution in [0.1, 0.15) is 40.2 Å². The highest BCUT2D eigenvalue weighted by Gasteiger charge is 2.27. The summed E-state index contributed by atoms with van der Waals surface area (Å²) >= 11 is 0. The Labute approximate surface area is 150 Å². The standard InChI is InChI=1S/C18H20N4O4/c1-10-13(11(2)26-22-10)9-19-16(23)8-7-15-18(25)20-14-6-4-3-5-12(14)17(24)21-15/h3-6,15H,7-9H2,1-2H3,(H,19,23)(H,20,25)(H,21,24). The number of hydrogen-bond donors (Lipinski definition) is 3. The number of amides is 3. The normalized spacial score (nSPS) is 16.3. The third kappa shape index (κ3) is 3.74. The molecule has 1 aromatic heterocycles. The maximum atomic E-state index is 12.3. The summed E-state index contributed by atoms with van der Waals surface area (Å²) in [6.07, 6.45) is 0.317. The number of aromatic nitrogens is 1. The lowest BCUT2D eigenvalue weighted by Crippen LogP contribution is -2.42. The van der Waals surface area contributed by atoms with E-state index < -0.39 is 6.04 Å². The first kappa shape index (κ1) is 17.7. The monoisotopic (exact) mass is 356 g/mol. The zero-order valence-corrected chi connectivity index (χ0v) is 14.6. The molecule has 1 aliphatic heterocycles. The molecule has 136 valence electrons. The fourth-order valence-corrected chi connectivity index (χ4v) is 2.82. The van der Waals surface area contributed by atoms with E-state index in [0.29, 0.717) is 23.6 Å². The maximum Gasteiger partial charge on any atom is 0.254 e. The topological polar surface area (TPSA) is 113 Å². The minimum atomic E-state index is -0.764. The van der Waals surface area contributed by atoms with Crippen LogP contribution in [-0.4, -0.2) is 28.9 Å². The van der Waals surface area contributed by atoms with Gasteiger partial charge >= 0.3 is 0 Å². The first-order valence-electron chi connectivity index (χ1n) is 8.35. The van der Waals surface area contributed by atoms with Crippen LogP contribution in [0.4, 0.5) is 5.69 Å². The van der Waals surface area contributed by atoms with Crippen molar-refractivity contribution in [2.24, 2.45) is 0 Å². The molecule has 1 aromatic carbocycles. The average Bonchev–Trinajstić information content (AvgIpc) is 2.88. The van der Waals surface area contributed by atoms with Gasteiger partial charge in [-0.3, -0.25) is 14.4 Å². The molecule has 1 aliphatic rings. The summed E-state index contributed by atoms with van der Waals surface area (Å²) in [6.45, 7) is 3.90. The molecule has 1 atom stereocenters. The lowest BCUT2D eigenvalue weighted by Gasteiger charge is -2.14. The number of rotatable bonds is 5. The van der Waals surface area contributed by atoms with Crippen molar-refractivity contribution in [3.8, 4) is 0 Å². The molecule has 26 heavy (non-hydrogen) atoms. The number of nitrogens with one attached hydrogen (secondary N) is 3. The van der Waals surface area contributed by atoms with Crippen LogP contribution in [0.3, 0.4) is 0 Å². The van der Waals surface area contributed by atoms with E-state index in [9.17, 15) is 14.4 Å². The molecule has 0 spiro atoms. The molecule has 0 bridgehead atoms. The third-order valence-corrected chi connectivity index (χ3v) is 4.35. The van der Waals surface area contributed by atoms with Gasteiger partial charge in [0.2, 0.25) is 11.8 Å². The highest BCUT2D eigenvalue weighted by Crippen LogP contribution is 2.19. The summed E-state index contributed by atoms with van der Waals surface area (Å²) in [5.41, 5.74) is 2.46. The van der Waals surface area contributed by atoms with E-state index in [4.69, 9.17) is 4.52 Å². The average molecular weight is 356 g/mol. The summed E-state index contributed by atoms with van der Waals surface area (Å²) in [5, 5.41) is 12.0. The number of benzene rings is 1. The molecule has 0 saturated carbocycles. The van der Waals surface area contributed by atoms with Gasteiger partial charge in [-0.2, -0.15) is 0 Å². The van der Waals surface area contributed by atoms with Crippen LogP contribution < -0.4 is 16.0 Å². The predicted molar refractivity (Wildman–Crippen MR) is 93.4 cm³/mol. The van der Waals surface area contributed by atoms with E-state index in [1.54, 1.807) is 38.1 Å². The van der Waals surface area contributed by atoms with Crippen LogP contribution in [0.25, 0.3) is 0 Å². The first-order chi connectivity index (χ1) is 12.5. The quantitative estimate of drug-likeness (QED) is 0.750. The van der Waals surface area contributed by atoms with Gasteiger partial charge in [0.25, 0.3) is 5.91 Å². The van der Waals surface area contributed by atoms with Crippen LogP contribution in [0.5, 0.6) is 0 Å². The predicted octanol–water partition coefficient (Wildman–Crippen LogP) is 1.44. The van der Waals surface area contributed by atoms with Crippen LogP contribution in [0.15, 0.2) is 28.8 Å². The number of carbonyl (C=O) groups excluding carboxylic acids is 3. The van der Waals surface area contributed by atoms with Crippen LogP contribution in [0.2, 0.25) is 0 Å². The van der Waals surface area contributed by atoms with Gasteiger partial charge in [0.1, 0.15) is 11.8 Å². The van der Waals surface area contributed by atoms with Gasteiger partial charge in [-0.25, -0.2) is 0 Å². The summed E-state index contributed by atoms with van der Waals surface area (Å²) < 4.78 is 5.05. The summed E-state index contributed by atoms with van der Waals surface area (Å²) in [7, 11) is 0. The van der Waals surface area contributed by atoms with Gasteiger partial charge < -0.3 is 20.5 Å². The molecule has 8 nitrogen and oxygen atoms in total. The fourth-order valence-electron chi connectivity index (χ4n) is 2.82. The smallest absolute Gasteiger partial charge is 0.254 e. The van der Waals surface area contributed by atoms with Gasteiger partial charge in [-0.05, 0) is 32.4 Å². The van der Waals surface area contributed by atoms with Crippen molar-refractivity contribution < 1.29 is 18.9 Å². The van der Waals surface area contributed by atoms with Gasteiger partial charge in [0.15, 0.2) is 0 Å². The van der Waals surface area contributed by atoms with Crippen molar-refractivity contribution in [2.45, 2.75) is 39.3 Å². The second-order valence-corrected chi connectivity index (χ2v) is 6.18. The molecule has 3 N–H and O–H groups in total. The van der Waals surface area contributed by atoms with Crippen molar-refractivity contribution in [1.82, 2.24) is 15.8 Å². The van der Waals surface area contributed by atoms with Crippen LogP contribution in [0, 0.1) is 13.8 Å². The van der Waals surface area contributed by atoms with Crippen molar-refractivity contribution in [2.75, 3.05) is 5.32 Å². The Morgan fingerprint density at radius 2 is 2.04 bits per heavy atom. The Balaban J connectivity index is 1.55. The zero-order valence-electron chi connectivity index (χ0n) is 14.6. The molecule has 2 aromatic rings. The number of nitrogens with zero attached hydrogens (tertiary/aromatic N) is 1. The molecule has 0 fully saturated rings. The van der Waals surface area contributed by atoms with Gasteiger partial charge in [0.05, 0.1) is 16.9 Å². The summed E-state index contributed by atoms with van der Waals surface area (Å²) in [5.74, 6) is -0.216.